The lowest BCUT2D eigenvalue weighted by molar-refractivity contribution is -0.151. The van der Waals surface area contributed by atoms with Gasteiger partial charge in [0.15, 0.2) is 0 Å². The standard InChI is InChI=1S/C16H32O5Si/c1-6-19-22(5,20-7-2)21-15(13(3)16(17)18-4)14-11-9-8-10-12-14/h13-15H,6-12H2,1-5H3/t13-,15+/m1/s1. The van der Waals surface area contributed by atoms with E-state index in [4.69, 9.17) is 18.0 Å². The summed E-state index contributed by atoms with van der Waals surface area (Å²) in [4.78, 5) is 12.0. The third-order valence-electron chi connectivity index (χ3n) is 4.34. The maximum absolute atomic E-state index is 12.0. The predicted molar refractivity (Wildman–Crippen MR) is 87.5 cm³/mol. The predicted octanol–water partition coefficient (Wildman–Crippen LogP) is 3.40. The van der Waals surface area contributed by atoms with Crippen LogP contribution < -0.4 is 0 Å². The van der Waals surface area contributed by atoms with Gasteiger partial charge in [0, 0.05) is 19.8 Å². The van der Waals surface area contributed by atoms with Crippen molar-refractivity contribution in [3.8, 4) is 0 Å². The Balaban J connectivity index is 2.89. The van der Waals surface area contributed by atoms with Crippen LogP contribution in [0.4, 0.5) is 0 Å². The molecule has 0 N–H and O–H groups in total. The summed E-state index contributed by atoms with van der Waals surface area (Å²) >= 11 is 0. The normalized spacial score (nSPS) is 19.7. The van der Waals surface area contributed by atoms with Crippen molar-refractivity contribution in [2.45, 2.75) is 65.5 Å². The zero-order chi connectivity index (χ0) is 16.6. The molecule has 0 aromatic rings. The van der Waals surface area contributed by atoms with Crippen molar-refractivity contribution in [1.82, 2.24) is 0 Å². The van der Waals surface area contributed by atoms with Crippen LogP contribution in [0.5, 0.6) is 0 Å². The monoisotopic (exact) mass is 332 g/mol. The molecule has 1 fully saturated rings. The topological polar surface area (TPSA) is 54.0 Å². The molecule has 0 aromatic carbocycles. The van der Waals surface area contributed by atoms with E-state index in [1.54, 1.807) is 0 Å². The number of ether oxygens (including phenoxy) is 1. The van der Waals surface area contributed by atoms with Gasteiger partial charge in [0.2, 0.25) is 0 Å². The molecular weight excluding hydrogens is 300 g/mol. The number of rotatable bonds is 9. The van der Waals surface area contributed by atoms with Gasteiger partial charge in [-0.2, -0.15) is 0 Å². The summed E-state index contributed by atoms with van der Waals surface area (Å²) in [6.07, 6.45) is 5.65. The first-order valence-electron chi connectivity index (χ1n) is 8.51. The van der Waals surface area contributed by atoms with Crippen LogP contribution in [0.15, 0.2) is 0 Å². The lowest BCUT2D eigenvalue weighted by Crippen LogP contribution is -2.50. The van der Waals surface area contributed by atoms with E-state index in [2.05, 4.69) is 0 Å². The van der Waals surface area contributed by atoms with Crippen LogP contribution in [-0.2, 0) is 22.8 Å². The minimum Gasteiger partial charge on any atom is -0.469 e. The van der Waals surface area contributed by atoms with Crippen LogP contribution in [0.25, 0.3) is 0 Å². The zero-order valence-electron chi connectivity index (χ0n) is 14.7. The summed E-state index contributed by atoms with van der Waals surface area (Å²) in [6, 6.07) is 0. The van der Waals surface area contributed by atoms with Crippen molar-refractivity contribution < 1.29 is 22.8 Å². The van der Waals surface area contributed by atoms with Crippen LogP contribution >= 0.6 is 0 Å². The quantitative estimate of drug-likeness (QED) is 0.478. The first-order valence-corrected chi connectivity index (χ1v) is 10.7. The van der Waals surface area contributed by atoms with Crippen LogP contribution in [-0.4, -0.2) is 41.2 Å². The van der Waals surface area contributed by atoms with Gasteiger partial charge in [0.25, 0.3) is 0 Å². The van der Waals surface area contributed by atoms with Crippen LogP contribution in [0, 0.1) is 11.8 Å². The number of carbonyl (C=O) groups is 1. The van der Waals surface area contributed by atoms with Gasteiger partial charge in [-0.15, -0.1) is 0 Å². The summed E-state index contributed by atoms with van der Waals surface area (Å²) in [5.41, 5.74) is 0. The molecule has 1 aliphatic carbocycles. The summed E-state index contributed by atoms with van der Waals surface area (Å²) in [7, 11) is -1.30. The molecule has 0 radical (unpaired) electrons. The summed E-state index contributed by atoms with van der Waals surface area (Å²) in [5.74, 6) is -0.156. The first-order chi connectivity index (χ1) is 10.5. The van der Waals surface area contributed by atoms with Crippen LogP contribution in [0.1, 0.15) is 52.9 Å². The fourth-order valence-corrected chi connectivity index (χ4v) is 5.43. The van der Waals surface area contributed by atoms with Gasteiger partial charge in [-0.1, -0.05) is 19.3 Å². The van der Waals surface area contributed by atoms with Gasteiger partial charge >= 0.3 is 14.8 Å². The van der Waals surface area contributed by atoms with Gasteiger partial charge in [-0.3, -0.25) is 4.79 Å². The molecule has 0 amide bonds. The maximum atomic E-state index is 12.0. The molecule has 0 unspecified atom stereocenters. The SMILES string of the molecule is CCO[Si](C)(OCC)O[C@H](C1CCCCC1)[C@@H](C)C(=O)OC. The lowest BCUT2D eigenvalue weighted by Gasteiger charge is -2.38. The van der Waals surface area contributed by atoms with Crippen molar-refractivity contribution >= 4 is 14.8 Å². The molecule has 0 aromatic heterocycles. The minimum absolute atomic E-state index is 0.192. The molecule has 0 bridgehead atoms. The van der Waals surface area contributed by atoms with Gasteiger partial charge in [0.1, 0.15) is 0 Å². The molecule has 0 spiro atoms. The highest BCUT2D eigenvalue weighted by atomic mass is 28.4. The molecule has 1 rings (SSSR count). The summed E-state index contributed by atoms with van der Waals surface area (Å²) in [6.45, 7) is 8.77. The Morgan fingerprint density at radius 3 is 2.14 bits per heavy atom. The number of hydrogen-bond donors (Lipinski definition) is 0. The first kappa shape index (κ1) is 19.6. The van der Waals surface area contributed by atoms with E-state index in [0.717, 1.165) is 12.8 Å². The molecule has 0 aliphatic heterocycles. The molecule has 0 saturated heterocycles. The molecule has 2 atom stereocenters. The molecule has 130 valence electrons. The second-order valence-corrected chi connectivity index (χ2v) is 8.56. The van der Waals surface area contributed by atoms with E-state index in [-0.39, 0.29) is 18.0 Å². The van der Waals surface area contributed by atoms with Gasteiger partial charge in [-0.25, -0.2) is 0 Å². The van der Waals surface area contributed by atoms with E-state index in [0.29, 0.717) is 19.1 Å². The third kappa shape index (κ3) is 5.65. The average Bonchev–Trinajstić information content (AvgIpc) is 2.52. The Labute approximate surface area is 136 Å². The number of hydrogen-bond acceptors (Lipinski definition) is 5. The Kier molecular flexibility index (Phi) is 8.60. The second-order valence-electron chi connectivity index (χ2n) is 6.02. The molecule has 1 aliphatic rings. The maximum Gasteiger partial charge on any atom is 0.497 e. The Bertz CT molecular complexity index is 324. The third-order valence-corrected chi connectivity index (χ3v) is 6.67. The van der Waals surface area contributed by atoms with E-state index in [1.807, 2.05) is 27.3 Å². The largest absolute Gasteiger partial charge is 0.497 e. The fourth-order valence-electron chi connectivity index (χ4n) is 3.27. The molecule has 5 nitrogen and oxygen atoms in total. The highest BCUT2D eigenvalue weighted by molar-refractivity contribution is 6.59. The molecule has 1 saturated carbocycles. The van der Waals surface area contributed by atoms with Crippen LogP contribution in [0.3, 0.4) is 0 Å². The van der Waals surface area contributed by atoms with E-state index < -0.39 is 8.80 Å². The molecule has 6 heteroatoms. The van der Waals surface area contributed by atoms with Crippen molar-refractivity contribution in [2.75, 3.05) is 20.3 Å². The lowest BCUT2D eigenvalue weighted by atomic mass is 9.81. The van der Waals surface area contributed by atoms with Crippen molar-refractivity contribution in [2.24, 2.45) is 11.8 Å². The molecule has 0 heterocycles. The second kappa shape index (κ2) is 9.65. The van der Waals surface area contributed by atoms with Gasteiger partial charge in [0.05, 0.1) is 19.1 Å². The van der Waals surface area contributed by atoms with E-state index in [9.17, 15) is 4.79 Å². The Hall–Kier alpha value is -0.433. The van der Waals surface area contributed by atoms with Crippen LogP contribution in [0.2, 0.25) is 6.55 Å². The van der Waals surface area contributed by atoms with Crippen molar-refractivity contribution in [3.05, 3.63) is 0 Å². The van der Waals surface area contributed by atoms with Gasteiger partial charge in [-0.05, 0) is 39.5 Å². The Morgan fingerprint density at radius 2 is 1.68 bits per heavy atom. The zero-order valence-corrected chi connectivity index (χ0v) is 15.7. The van der Waals surface area contributed by atoms with E-state index in [1.165, 1.54) is 26.4 Å². The Morgan fingerprint density at radius 1 is 1.14 bits per heavy atom. The van der Waals surface area contributed by atoms with Crippen molar-refractivity contribution in [1.29, 1.82) is 0 Å². The number of methoxy groups -OCH3 is 1. The van der Waals surface area contributed by atoms with Gasteiger partial charge < -0.3 is 18.0 Å². The summed E-state index contributed by atoms with van der Waals surface area (Å²) in [5, 5.41) is 0. The minimum atomic E-state index is -2.73. The molecular formula is C16H32O5Si. The van der Waals surface area contributed by atoms with Crippen molar-refractivity contribution in [3.63, 3.8) is 0 Å². The average molecular weight is 333 g/mol. The number of carbonyl (C=O) groups excluding carboxylic acids is 1. The highest BCUT2D eigenvalue weighted by Gasteiger charge is 2.43. The van der Waals surface area contributed by atoms with E-state index >= 15 is 0 Å². The number of esters is 1. The highest BCUT2D eigenvalue weighted by Crippen LogP contribution is 2.34. The fraction of sp³-hybridized carbons (Fsp3) is 0.938. The summed E-state index contributed by atoms with van der Waals surface area (Å²) < 4.78 is 22.9. The molecule has 22 heavy (non-hydrogen) atoms. The smallest absolute Gasteiger partial charge is 0.469 e.